The Bertz CT molecular complexity index is 1170. The molecule has 2 aromatic rings. The molecule has 2 N–H and O–H groups in total. The minimum atomic E-state index is -3.78. The number of hydrogen-bond donors (Lipinski definition) is 2. The number of rotatable bonds is 6. The van der Waals surface area contributed by atoms with Crippen LogP contribution >= 0.6 is 22.7 Å². The van der Waals surface area contributed by atoms with E-state index < -0.39 is 34.0 Å². The maximum Gasteiger partial charge on any atom is 0.414 e. The lowest BCUT2D eigenvalue weighted by molar-refractivity contribution is -0.119. The molecule has 3 heterocycles. The summed E-state index contributed by atoms with van der Waals surface area (Å²) in [5, 5.41) is 7.10. The van der Waals surface area contributed by atoms with Crippen molar-refractivity contribution in [3.63, 3.8) is 0 Å². The predicted molar refractivity (Wildman–Crippen MR) is 130 cm³/mol. The van der Waals surface area contributed by atoms with Crippen LogP contribution in [0.15, 0.2) is 21.7 Å². The molecule has 34 heavy (non-hydrogen) atoms. The summed E-state index contributed by atoms with van der Waals surface area (Å²) in [6.07, 6.45) is 4.52. The van der Waals surface area contributed by atoms with E-state index in [4.69, 9.17) is 4.74 Å². The maximum absolute atomic E-state index is 13.3. The zero-order valence-corrected chi connectivity index (χ0v) is 21.2. The highest BCUT2D eigenvalue weighted by atomic mass is 32.2. The maximum atomic E-state index is 13.3. The third-order valence-electron chi connectivity index (χ3n) is 5.94. The highest BCUT2D eigenvalue weighted by Crippen LogP contribution is 2.38. The van der Waals surface area contributed by atoms with Crippen molar-refractivity contribution < 1.29 is 27.5 Å². The van der Waals surface area contributed by atoms with Gasteiger partial charge in [-0.25, -0.2) is 13.2 Å². The molecule has 4 rings (SSSR count). The third kappa shape index (κ3) is 5.04. The van der Waals surface area contributed by atoms with Gasteiger partial charge in [0.2, 0.25) is 5.91 Å². The van der Waals surface area contributed by atoms with Gasteiger partial charge >= 0.3 is 6.09 Å². The van der Waals surface area contributed by atoms with Crippen LogP contribution in [0.4, 0.5) is 9.80 Å². The molecule has 0 bridgehead atoms. The molecule has 0 saturated carbocycles. The molecule has 0 aromatic carbocycles. The molecule has 2 aliphatic rings. The lowest BCUT2D eigenvalue weighted by atomic mass is 10.0. The van der Waals surface area contributed by atoms with Gasteiger partial charge in [0.15, 0.2) is 0 Å². The van der Waals surface area contributed by atoms with Crippen LogP contribution in [0.3, 0.4) is 0 Å². The van der Waals surface area contributed by atoms with Gasteiger partial charge in [0.05, 0.1) is 12.2 Å². The van der Waals surface area contributed by atoms with Crippen LogP contribution in [0.5, 0.6) is 0 Å². The minimum Gasteiger partial charge on any atom is -0.450 e. The number of nitrogens with zero attached hydrogens (tertiary/aromatic N) is 1. The van der Waals surface area contributed by atoms with Crippen molar-refractivity contribution in [3.8, 4) is 0 Å². The largest absolute Gasteiger partial charge is 0.450 e. The molecule has 1 fully saturated rings. The zero-order chi connectivity index (χ0) is 24.3. The number of thiophene rings is 2. The second-order valence-corrected chi connectivity index (χ2v) is 12.3. The van der Waals surface area contributed by atoms with E-state index in [9.17, 15) is 22.8 Å². The van der Waals surface area contributed by atoms with E-state index in [1.807, 2.05) is 0 Å². The number of aryl methyl sites for hydroxylation is 1. The summed E-state index contributed by atoms with van der Waals surface area (Å²) in [5.41, 5.74) is 1.11. The van der Waals surface area contributed by atoms with Crippen LogP contribution < -0.4 is 10.6 Å². The number of imide groups is 1. The van der Waals surface area contributed by atoms with Crippen molar-refractivity contribution in [2.24, 2.45) is 0 Å². The summed E-state index contributed by atoms with van der Waals surface area (Å²) in [6.45, 7) is 2.03. The van der Waals surface area contributed by atoms with E-state index in [0.29, 0.717) is 24.3 Å². The second-order valence-electron chi connectivity index (χ2n) is 8.14. The lowest BCUT2D eigenvalue weighted by Gasteiger charge is -2.22. The number of ether oxygens (including phenoxy) is 1. The van der Waals surface area contributed by atoms with E-state index in [2.05, 4.69) is 10.6 Å². The highest BCUT2D eigenvalue weighted by Gasteiger charge is 2.40. The van der Waals surface area contributed by atoms with Gasteiger partial charge in [-0.05, 0) is 62.5 Å². The Morgan fingerprint density at radius 1 is 1.18 bits per heavy atom. The van der Waals surface area contributed by atoms with Crippen molar-refractivity contribution in [3.05, 3.63) is 33.5 Å². The molecule has 1 saturated heterocycles. The number of hydrogen-bond acceptors (Lipinski definition) is 8. The molecule has 9 nitrogen and oxygen atoms in total. The first-order valence-electron chi connectivity index (χ1n) is 11.3. The van der Waals surface area contributed by atoms with E-state index in [-0.39, 0.29) is 22.9 Å². The summed E-state index contributed by atoms with van der Waals surface area (Å²) in [5.74, 6) is -1.10. The van der Waals surface area contributed by atoms with Crippen molar-refractivity contribution >= 4 is 55.6 Å². The monoisotopic (exact) mass is 525 g/mol. The van der Waals surface area contributed by atoms with Gasteiger partial charge in [-0.1, -0.05) is 12.5 Å². The van der Waals surface area contributed by atoms with Gasteiger partial charge in [0.25, 0.3) is 15.9 Å². The Kier molecular flexibility index (Phi) is 7.70. The Morgan fingerprint density at radius 3 is 2.71 bits per heavy atom. The zero-order valence-electron chi connectivity index (χ0n) is 18.8. The number of anilines is 1. The van der Waals surface area contributed by atoms with Gasteiger partial charge in [0, 0.05) is 11.4 Å². The Hall–Kier alpha value is -2.28. The molecule has 1 aliphatic carbocycles. The van der Waals surface area contributed by atoms with Crippen LogP contribution in [-0.4, -0.2) is 49.8 Å². The van der Waals surface area contributed by atoms with Gasteiger partial charge in [0.1, 0.15) is 15.3 Å². The van der Waals surface area contributed by atoms with E-state index in [1.54, 1.807) is 18.4 Å². The quantitative estimate of drug-likeness (QED) is 0.554. The van der Waals surface area contributed by atoms with E-state index in [0.717, 1.165) is 47.5 Å². The van der Waals surface area contributed by atoms with Gasteiger partial charge in [-0.3, -0.25) is 14.9 Å². The summed E-state index contributed by atoms with van der Waals surface area (Å²) < 4.78 is 32.4. The fourth-order valence-corrected chi connectivity index (χ4v) is 8.47. The lowest BCUT2D eigenvalue weighted by Crippen LogP contribution is -2.43. The van der Waals surface area contributed by atoms with Crippen LogP contribution in [-0.2, 0) is 32.4 Å². The molecule has 12 heteroatoms. The molecule has 0 radical (unpaired) electrons. The average Bonchev–Trinajstić information content (AvgIpc) is 3.52. The normalized spacial score (nSPS) is 18.7. The standard InChI is InChI=1S/C22H27N3O6S3/c1-2-31-22(28)24-20(27)18-14-8-4-3-5-10-16(14)33-21(18)23-19(26)15-9-6-12-25(15)34(29,30)17-11-7-13-32-17/h7,11,13,15H,2-6,8-10,12H2,1H3,(H,23,26)(H,24,27,28). The number of alkyl carbamates (subject to hydrolysis) is 1. The molecule has 2 aromatic heterocycles. The van der Waals surface area contributed by atoms with Gasteiger partial charge < -0.3 is 10.1 Å². The molecular weight excluding hydrogens is 498 g/mol. The molecule has 1 aliphatic heterocycles. The first-order valence-corrected chi connectivity index (χ1v) is 14.5. The van der Waals surface area contributed by atoms with Crippen molar-refractivity contribution in [2.75, 3.05) is 18.5 Å². The SMILES string of the molecule is CCOC(=O)NC(=O)c1c(NC(=O)C2CCCN2S(=O)(=O)c2cccs2)sc2c1CCCCC2. The Morgan fingerprint density at radius 2 is 1.97 bits per heavy atom. The van der Waals surface area contributed by atoms with Crippen LogP contribution in [0.2, 0.25) is 0 Å². The molecule has 0 spiro atoms. The molecule has 184 valence electrons. The number of carbonyl (C=O) groups excluding carboxylic acids is 3. The van der Waals surface area contributed by atoms with Crippen molar-refractivity contribution in [1.82, 2.24) is 9.62 Å². The predicted octanol–water partition coefficient (Wildman–Crippen LogP) is 3.76. The fourth-order valence-electron chi connectivity index (χ4n) is 4.40. The molecule has 1 unspecified atom stereocenters. The van der Waals surface area contributed by atoms with E-state index >= 15 is 0 Å². The van der Waals surface area contributed by atoms with Gasteiger partial charge in [-0.15, -0.1) is 22.7 Å². The summed E-state index contributed by atoms with van der Waals surface area (Å²) in [6, 6.07) is 2.33. The first kappa shape index (κ1) is 24.8. The van der Waals surface area contributed by atoms with E-state index in [1.165, 1.54) is 21.7 Å². The summed E-state index contributed by atoms with van der Waals surface area (Å²) in [7, 11) is -3.78. The number of sulfonamides is 1. The molecular formula is C22H27N3O6S3. The summed E-state index contributed by atoms with van der Waals surface area (Å²) in [4.78, 5) is 39.2. The third-order valence-corrected chi connectivity index (χ3v) is 10.4. The average molecular weight is 526 g/mol. The number of nitrogens with one attached hydrogen (secondary N) is 2. The van der Waals surface area contributed by atoms with Crippen molar-refractivity contribution in [2.45, 2.75) is 62.1 Å². The summed E-state index contributed by atoms with van der Waals surface area (Å²) >= 11 is 2.44. The minimum absolute atomic E-state index is 0.126. The molecule has 3 amide bonds. The van der Waals surface area contributed by atoms with Gasteiger partial charge in [-0.2, -0.15) is 4.31 Å². The topological polar surface area (TPSA) is 122 Å². The number of fused-ring (bicyclic) bond motifs is 1. The van der Waals surface area contributed by atoms with Crippen LogP contribution in [0.25, 0.3) is 0 Å². The second kappa shape index (κ2) is 10.5. The first-order chi connectivity index (χ1) is 16.3. The highest BCUT2D eigenvalue weighted by molar-refractivity contribution is 7.91. The fraction of sp³-hybridized carbons (Fsp3) is 0.500. The van der Waals surface area contributed by atoms with Crippen molar-refractivity contribution in [1.29, 1.82) is 0 Å². The molecule has 1 atom stereocenters. The number of amides is 3. The van der Waals surface area contributed by atoms with Crippen LogP contribution in [0, 0.1) is 0 Å². The Labute approximate surface area is 206 Å². The smallest absolute Gasteiger partial charge is 0.414 e. The number of carbonyl (C=O) groups is 3. The van der Waals surface area contributed by atoms with Crippen LogP contribution in [0.1, 0.15) is 59.8 Å². The Balaban J connectivity index is 1.61.